The minimum absolute atomic E-state index is 0.0787. The molecule has 1 amide bonds. The summed E-state index contributed by atoms with van der Waals surface area (Å²) in [5.74, 6) is 0.613. The molecule has 0 unspecified atom stereocenters. The van der Waals surface area contributed by atoms with E-state index in [1.807, 2.05) is 6.07 Å². The van der Waals surface area contributed by atoms with Crippen molar-refractivity contribution in [1.29, 1.82) is 0 Å². The molecule has 4 nitrogen and oxygen atoms in total. The number of cyclic esters (lactones) is 1. The summed E-state index contributed by atoms with van der Waals surface area (Å²) in [6.07, 6.45) is -5.70. The highest BCUT2D eigenvalue weighted by Gasteiger charge is 2.37. The van der Waals surface area contributed by atoms with Gasteiger partial charge in [-0.25, -0.2) is 4.79 Å². The predicted molar refractivity (Wildman–Crippen MR) is 105 cm³/mol. The Morgan fingerprint density at radius 1 is 0.933 bits per heavy atom. The summed E-state index contributed by atoms with van der Waals surface area (Å²) in [4.78, 5) is 12.0. The summed E-state index contributed by atoms with van der Waals surface area (Å²) in [5, 5.41) is 2.76. The molecule has 0 radical (unpaired) electrons. The molecule has 154 valence electrons. The van der Waals surface area contributed by atoms with Crippen LogP contribution in [-0.2, 0) is 10.9 Å². The van der Waals surface area contributed by atoms with Crippen LogP contribution in [0.4, 0.5) is 18.0 Å². The number of rotatable bonds is 4. The highest BCUT2D eigenvalue weighted by molar-refractivity contribution is 5.73. The van der Waals surface area contributed by atoms with Gasteiger partial charge in [-0.15, -0.1) is 0 Å². The molecule has 0 saturated carbocycles. The molecule has 0 spiro atoms. The van der Waals surface area contributed by atoms with E-state index >= 15 is 0 Å². The number of benzene rings is 3. The van der Waals surface area contributed by atoms with E-state index in [2.05, 4.69) is 5.32 Å². The summed E-state index contributed by atoms with van der Waals surface area (Å²) in [7, 11) is 1.54. The first kappa shape index (κ1) is 19.8. The molecule has 7 heteroatoms. The number of halogens is 3. The standard InChI is InChI=1S/C23H18F3NO3/c1-29-17-9-5-8-16(13-17)21-20(27-22(28)30-21)15-7-4-6-14(12-15)18-10-2-3-11-19(18)23(24,25)26/h2-13,20-21H,1H3,(H,27,28)/t20-,21-/m1/s1. The quantitative estimate of drug-likeness (QED) is 0.579. The third kappa shape index (κ3) is 3.83. The van der Waals surface area contributed by atoms with Crippen LogP contribution >= 0.6 is 0 Å². The van der Waals surface area contributed by atoms with Crippen molar-refractivity contribution in [3.05, 3.63) is 89.5 Å². The Morgan fingerprint density at radius 3 is 2.43 bits per heavy atom. The number of amides is 1. The summed E-state index contributed by atoms with van der Waals surface area (Å²) >= 11 is 0. The molecule has 2 atom stereocenters. The third-order valence-electron chi connectivity index (χ3n) is 5.02. The van der Waals surface area contributed by atoms with Gasteiger partial charge in [-0.1, -0.05) is 48.5 Å². The zero-order valence-corrected chi connectivity index (χ0v) is 15.9. The molecule has 1 fully saturated rings. The summed E-state index contributed by atoms with van der Waals surface area (Å²) in [5.41, 5.74) is 1.14. The zero-order valence-electron chi connectivity index (χ0n) is 15.9. The lowest BCUT2D eigenvalue weighted by Crippen LogP contribution is -2.19. The SMILES string of the molecule is COc1cccc([C@H]2OC(=O)N[C@@H]2c2cccc(-c3ccccc3C(F)(F)F)c2)c1. The lowest BCUT2D eigenvalue weighted by atomic mass is 9.92. The number of carbonyl (C=O) groups excluding carboxylic acids is 1. The van der Waals surface area contributed by atoms with Gasteiger partial charge in [-0.05, 0) is 46.5 Å². The number of hydrogen-bond donors (Lipinski definition) is 1. The van der Waals surface area contributed by atoms with E-state index in [0.717, 1.165) is 11.6 Å². The fourth-order valence-electron chi connectivity index (χ4n) is 3.64. The van der Waals surface area contributed by atoms with Gasteiger partial charge in [0.1, 0.15) is 5.75 Å². The molecular weight excluding hydrogens is 395 g/mol. The van der Waals surface area contributed by atoms with Gasteiger partial charge in [0.2, 0.25) is 0 Å². The van der Waals surface area contributed by atoms with Crippen molar-refractivity contribution in [2.75, 3.05) is 7.11 Å². The molecule has 0 aromatic heterocycles. The minimum atomic E-state index is -4.47. The zero-order chi connectivity index (χ0) is 21.3. The number of methoxy groups -OCH3 is 1. The lowest BCUT2D eigenvalue weighted by Gasteiger charge is -2.19. The molecule has 0 bridgehead atoms. The van der Waals surface area contributed by atoms with Gasteiger partial charge >= 0.3 is 12.3 Å². The normalized spacial score (nSPS) is 18.6. The molecule has 3 aromatic carbocycles. The number of alkyl halides is 3. The molecular formula is C23H18F3NO3. The van der Waals surface area contributed by atoms with Crippen molar-refractivity contribution in [2.45, 2.75) is 18.3 Å². The van der Waals surface area contributed by atoms with E-state index in [-0.39, 0.29) is 5.56 Å². The summed E-state index contributed by atoms with van der Waals surface area (Å²) < 4.78 is 51.0. The molecule has 4 rings (SSSR count). The maximum atomic E-state index is 13.5. The Bertz CT molecular complexity index is 1080. The minimum Gasteiger partial charge on any atom is -0.497 e. The van der Waals surface area contributed by atoms with Gasteiger partial charge in [-0.3, -0.25) is 0 Å². The van der Waals surface area contributed by atoms with Crippen LogP contribution in [0.25, 0.3) is 11.1 Å². The molecule has 30 heavy (non-hydrogen) atoms. The van der Waals surface area contributed by atoms with Crippen LogP contribution in [-0.4, -0.2) is 13.2 Å². The smallest absolute Gasteiger partial charge is 0.417 e. The fraction of sp³-hybridized carbons (Fsp3) is 0.174. The number of alkyl carbamates (subject to hydrolysis) is 1. The molecule has 0 aliphatic carbocycles. The summed E-state index contributed by atoms with van der Waals surface area (Å²) in [6, 6.07) is 18.7. The second kappa shape index (κ2) is 7.74. The second-order valence-electron chi connectivity index (χ2n) is 6.89. The average molecular weight is 413 g/mol. The molecule has 1 aliphatic heterocycles. The third-order valence-corrected chi connectivity index (χ3v) is 5.02. The number of hydrogen-bond acceptors (Lipinski definition) is 3. The van der Waals surface area contributed by atoms with Crippen LogP contribution in [0, 0.1) is 0 Å². The van der Waals surface area contributed by atoms with Gasteiger partial charge in [0, 0.05) is 0 Å². The van der Waals surface area contributed by atoms with Crippen molar-refractivity contribution in [3.63, 3.8) is 0 Å². The van der Waals surface area contributed by atoms with Gasteiger partial charge in [0.05, 0.1) is 18.7 Å². The van der Waals surface area contributed by atoms with Gasteiger partial charge in [0.15, 0.2) is 6.10 Å². The first-order valence-corrected chi connectivity index (χ1v) is 9.24. The maximum Gasteiger partial charge on any atom is 0.417 e. The molecule has 1 heterocycles. The van der Waals surface area contributed by atoms with Crippen molar-refractivity contribution in [1.82, 2.24) is 5.32 Å². The lowest BCUT2D eigenvalue weighted by molar-refractivity contribution is -0.137. The first-order chi connectivity index (χ1) is 14.4. The predicted octanol–water partition coefficient (Wildman–Crippen LogP) is 5.90. The Morgan fingerprint density at radius 2 is 1.67 bits per heavy atom. The molecule has 1 N–H and O–H groups in total. The average Bonchev–Trinajstić information content (AvgIpc) is 3.15. The van der Waals surface area contributed by atoms with Crippen molar-refractivity contribution in [2.24, 2.45) is 0 Å². The maximum absolute atomic E-state index is 13.5. The Balaban J connectivity index is 1.74. The number of carbonyl (C=O) groups is 1. The van der Waals surface area contributed by atoms with Crippen LogP contribution in [0.2, 0.25) is 0 Å². The highest BCUT2D eigenvalue weighted by Crippen LogP contribution is 2.41. The van der Waals surface area contributed by atoms with Crippen LogP contribution < -0.4 is 10.1 Å². The Hall–Kier alpha value is -3.48. The number of nitrogens with one attached hydrogen (secondary N) is 1. The Kier molecular flexibility index (Phi) is 5.11. The van der Waals surface area contributed by atoms with E-state index in [1.165, 1.54) is 19.2 Å². The molecule has 3 aromatic rings. The largest absolute Gasteiger partial charge is 0.497 e. The van der Waals surface area contributed by atoms with Gasteiger partial charge < -0.3 is 14.8 Å². The second-order valence-corrected chi connectivity index (χ2v) is 6.89. The van der Waals surface area contributed by atoms with Crippen molar-refractivity contribution < 1.29 is 27.4 Å². The van der Waals surface area contributed by atoms with Gasteiger partial charge in [-0.2, -0.15) is 13.2 Å². The molecule has 1 aliphatic rings. The number of ether oxygens (including phenoxy) is 2. The van der Waals surface area contributed by atoms with Crippen molar-refractivity contribution >= 4 is 6.09 Å². The monoisotopic (exact) mass is 413 g/mol. The first-order valence-electron chi connectivity index (χ1n) is 9.24. The van der Waals surface area contributed by atoms with Crippen LogP contribution in [0.15, 0.2) is 72.8 Å². The Labute approximate surface area is 171 Å². The highest BCUT2D eigenvalue weighted by atomic mass is 19.4. The van der Waals surface area contributed by atoms with Crippen molar-refractivity contribution in [3.8, 4) is 16.9 Å². The summed E-state index contributed by atoms with van der Waals surface area (Å²) in [6.45, 7) is 0. The van der Waals surface area contributed by atoms with Crippen LogP contribution in [0.3, 0.4) is 0 Å². The fourth-order valence-corrected chi connectivity index (χ4v) is 3.64. The van der Waals surface area contributed by atoms with E-state index in [0.29, 0.717) is 16.9 Å². The van der Waals surface area contributed by atoms with Crippen LogP contribution in [0.1, 0.15) is 28.8 Å². The van der Waals surface area contributed by atoms with E-state index in [9.17, 15) is 18.0 Å². The van der Waals surface area contributed by atoms with E-state index in [1.54, 1.807) is 48.5 Å². The topological polar surface area (TPSA) is 47.6 Å². The van der Waals surface area contributed by atoms with E-state index < -0.39 is 30.0 Å². The van der Waals surface area contributed by atoms with E-state index in [4.69, 9.17) is 9.47 Å². The molecule has 1 saturated heterocycles. The van der Waals surface area contributed by atoms with Crippen LogP contribution in [0.5, 0.6) is 5.75 Å². The van der Waals surface area contributed by atoms with Gasteiger partial charge in [0.25, 0.3) is 0 Å².